The maximum atomic E-state index is 13.4. The predicted octanol–water partition coefficient (Wildman–Crippen LogP) is 3.52. The van der Waals surface area contributed by atoms with Crippen LogP contribution in [0.4, 0.5) is 10.5 Å². The third-order valence-electron chi connectivity index (χ3n) is 4.13. The molecule has 0 spiro atoms. The molecule has 158 valence electrons. The Bertz CT molecular complexity index is 938. The van der Waals surface area contributed by atoms with Crippen LogP contribution in [-0.4, -0.2) is 29.6 Å². The average Bonchev–Trinajstić information content (AvgIpc) is 2.77. The zero-order valence-corrected chi connectivity index (χ0v) is 17.2. The molecule has 2 amide bonds. The van der Waals surface area contributed by atoms with Gasteiger partial charge in [-0.15, -0.1) is 5.06 Å². The number of ether oxygens (including phenoxy) is 2. The van der Waals surface area contributed by atoms with Gasteiger partial charge in [-0.25, -0.2) is 9.59 Å². The molecule has 1 aliphatic rings. The number of nitrogens with one attached hydrogen (secondary N) is 1. The van der Waals surface area contributed by atoms with Crippen molar-refractivity contribution in [2.75, 3.05) is 5.06 Å². The summed E-state index contributed by atoms with van der Waals surface area (Å²) in [5.74, 6) is -1.03. The van der Waals surface area contributed by atoms with E-state index < -0.39 is 35.7 Å². The third kappa shape index (κ3) is 4.89. The number of para-hydroxylation sites is 2. The van der Waals surface area contributed by atoms with E-state index in [1.54, 1.807) is 69.3 Å². The van der Waals surface area contributed by atoms with Crippen LogP contribution in [0.3, 0.4) is 0 Å². The van der Waals surface area contributed by atoms with Gasteiger partial charge in [0.1, 0.15) is 17.0 Å². The predicted molar refractivity (Wildman–Crippen MR) is 109 cm³/mol. The zero-order valence-electron chi connectivity index (χ0n) is 17.2. The summed E-state index contributed by atoms with van der Waals surface area (Å²) in [5.41, 5.74) is 0.151. The van der Waals surface area contributed by atoms with Gasteiger partial charge in [0.15, 0.2) is 12.1 Å². The van der Waals surface area contributed by atoms with Crippen LogP contribution in [0.1, 0.15) is 39.4 Å². The highest BCUT2D eigenvalue weighted by atomic mass is 16.7. The fourth-order valence-corrected chi connectivity index (χ4v) is 3.00. The summed E-state index contributed by atoms with van der Waals surface area (Å²) in [6.45, 7) is 6.34. The Kier molecular flexibility index (Phi) is 5.96. The Morgan fingerprint density at radius 3 is 2.30 bits per heavy atom. The molecule has 0 unspecified atom stereocenters. The molecule has 1 N–H and O–H groups in total. The van der Waals surface area contributed by atoms with Crippen molar-refractivity contribution in [2.45, 2.75) is 45.4 Å². The largest absolute Gasteiger partial charge is 0.481 e. The number of carbonyl (C=O) groups is 3. The van der Waals surface area contributed by atoms with Crippen LogP contribution < -0.4 is 15.1 Å². The molecule has 0 aromatic heterocycles. The molecule has 0 bridgehead atoms. The Morgan fingerprint density at radius 1 is 1.03 bits per heavy atom. The molecule has 0 saturated heterocycles. The molecule has 0 saturated carbocycles. The van der Waals surface area contributed by atoms with Gasteiger partial charge in [0.2, 0.25) is 0 Å². The maximum Gasteiger partial charge on any atom is 0.408 e. The van der Waals surface area contributed by atoms with E-state index in [0.29, 0.717) is 11.3 Å². The SMILES string of the molecule is CC(=O)ON1C(=O)[C@@H](NC(=O)OC(C)(C)C)[C@@H](c2ccccc2)Oc2ccccc21. The fourth-order valence-electron chi connectivity index (χ4n) is 3.00. The topological polar surface area (TPSA) is 94.2 Å². The molecule has 3 rings (SSSR count). The van der Waals surface area contributed by atoms with Crippen LogP contribution in [0.2, 0.25) is 0 Å². The van der Waals surface area contributed by atoms with Gasteiger partial charge in [0, 0.05) is 6.92 Å². The van der Waals surface area contributed by atoms with Crippen LogP contribution in [0, 0.1) is 0 Å². The minimum absolute atomic E-state index is 0.257. The van der Waals surface area contributed by atoms with Crippen LogP contribution in [0.15, 0.2) is 54.6 Å². The summed E-state index contributed by atoms with van der Waals surface area (Å²) in [5, 5.41) is 3.43. The van der Waals surface area contributed by atoms with Crippen molar-refractivity contribution < 1.29 is 28.7 Å². The minimum atomic E-state index is -1.21. The van der Waals surface area contributed by atoms with Gasteiger partial charge < -0.3 is 19.6 Å². The molecule has 2 aromatic rings. The number of alkyl carbamates (subject to hydrolysis) is 1. The normalized spacial score (nSPS) is 18.5. The molecule has 0 radical (unpaired) electrons. The van der Waals surface area contributed by atoms with Crippen LogP contribution in [-0.2, 0) is 19.2 Å². The Labute approximate surface area is 174 Å². The van der Waals surface area contributed by atoms with Crippen molar-refractivity contribution in [1.82, 2.24) is 5.32 Å². The first-order valence-electron chi connectivity index (χ1n) is 9.48. The van der Waals surface area contributed by atoms with E-state index in [1.165, 1.54) is 6.92 Å². The van der Waals surface area contributed by atoms with Crippen molar-refractivity contribution in [3.63, 3.8) is 0 Å². The standard InChI is InChI=1S/C22H24N2O6/c1-14(25)30-24-16-12-8-9-13-17(16)28-19(15-10-6-5-7-11-15)18(20(24)26)23-21(27)29-22(2,3)4/h5-13,18-19H,1-4H3,(H,23,27)/t18-,19+/m0/s1. The molecule has 30 heavy (non-hydrogen) atoms. The van der Waals surface area contributed by atoms with Gasteiger partial charge in [-0.1, -0.05) is 42.5 Å². The summed E-state index contributed by atoms with van der Waals surface area (Å²) < 4.78 is 11.5. The Hall–Kier alpha value is -3.55. The summed E-state index contributed by atoms with van der Waals surface area (Å²) >= 11 is 0. The first kappa shape index (κ1) is 21.2. The van der Waals surface area contributed by atoms with Crippen LogP contribution >= 0.6 is 0 Å². The third-order valence-corrected chi connectivity index (χ3v) is 4.13. The lowest BCUT2D eigenvalue weighted by atomic mass is 10.0. The fraction of sp³-hybridized carbons (Fsp3) is 0.318. The van der Waals surface area contributed by atoms with Gasteiger partial charge in [-0.05, 0) is 38.5 Å². The minimum Gasteiger partial charge on any atom is -0.481 e. The van der Waals surface area contributed by atoms with Gasteiger partial charge in [-0.2, -0.15) is 0 Å². The average molecular weight is 412 g/mol. The van der Waals surface area contributed by atoms with Crippen molar-refractivity contribution in [3.05, 3.63) is 60.2 Å². The number of hydroxylamine groups is 1. The number of nitrogens with zero attached hydrogens (tertiary/aromatic N) is 1. The van der Waals surface area contributed by atoms with Gasteiger partial charge >= 0.3 is 12.1 Å². The molecule has 0 fully saturated rings. The van der Waals surface area contributed by atoms with E-state index in [9.17, 15) is 14.4 Å². The number of anilines is 1. The van der Waals surface area contributed by atoms with E-state index in [-0.39, 0.29) is 5.69 Å². The maximum absolute atomic E-state index is 13.4. The number of benzene rings is 2. The molecule has 8 nitrogen and oxygen atoms in total. The Balaban J connectivity index is 2.06. The quantitative estimate of drug-likeness (QED) is 0.829. The van der Waals surface area contributed by atoms with E-state index in [0.717, 1.165) is 5.06 Å². The molecule has 2 atom stereocenters. The molecule has 0 aliphatic carbocycles. The number of hydrogen-bond donors (Lipinski definition) is 1. The van der Waals surface area contributed by atoms with E-state index in [2.05, 4.69) is 5.32 Å². The van der Waals surface area contributed by atoms with Gasteiger partial charge in [0.05, 0.1) is 0 Å². The lowest BCUT2D eigenvalue weighted by Crippen LogP contribution is -2.52. The van der Waals surface area contributed by atoms with Gasteiger partial charge in [-0.3, -0.25) is 4.79 Å². The monoisotopic (exact) mass is 412 g/mol. The smallest absolute Gasteiger partial charge is 0.408 e. The van der Waals surface area contributed by atoms with Crippen LogP contribution in [0.5, 0.6) is 5.75 Å². The summed E-state index contributed by atoms with van der Waals surface area (Å²) in [6, 6.07) is 14.5. The summed E-state index contributed by atoms with van der Waals surface area (Å²) in [7, 11) is 0. The second-order valence-electron chi connectivity index (χ2n) is 7.76. The van der Waals surface area contributed by atoms with E-state index >= 15 is 0 Å². The lowest BCUT2D eigenvalue weighted by molar-refractivity contribution is -0.149. The Morgan fingerprint density at radius 2 is 1.67 bits per heavy atom. The molecule has 8 heteroatoms. The van der Waals surface area contributed by atoms with Crippen LogP contribution in [0.25, 0.3) is 0 Å². The zero-order chi connectivity index (χ0) is 21.9. The highest BCUT2D eigenvalue weighted by Gasteiger charge is 2.42. The molecule has 2 aromatic carbocycles. The van der Waals surface area contributed by atoms with Crippen molar-refractivity contribution in [3.8, 4) is 5.75 Å². The van der Waals surface area contributed by atoms with E-state index in [1.807, 2.05) is 6.07 Å². The highest BCUT2D eigenvalue weighted by molar-refractivity contribution is 6.00. The van der Waals surface area contributed by atoms with Crippen molar-refractivity contribution in [1.29, 1.82) is 0 Å². The number of rotatable bonds is 3. The van der Waals surface area contributed by atoms with Crippen molar-refractivity contribution in [2.24, 2.45) is 0 Å². The number of fused-ring (bicyclic) bond motifs is 1. The molecular formula is C22H24N2O6. The number of carbonyl (C=O) groups excluding carboxylic acids is 3. The van der Waals surface area contributed by atoms with E-state index in [4.69, 9.17) is 14.3 Å². The summed E-state index contributed by atoms with van der Waals surface area (Å²) in [6.07, 6.45) is -1.67. The molecular weight excluding hydrogens is 388 g/mol. The lowest BCUT2D eigenvalue weighted by Gasteiger charge is -2.28. The van der Waals surface area contributed by atoms with Crippen molar-refractivity contribution >= 4 is 23.7 Å². The number of amides is 2. The second kappa shape index (κ2) is 8.44. The molecule has 1 heterocycles. The number of hydrogen-bond acceptors (Lipinski definition) is 6. The first-order chi connectivity index (χ1) is 14.2. The second-order valence-corrected chi connectivity index (χ2v) is 7.76. The first-order valence-corrected chi connectivity index (χ1v) is 9.48. The highest BCUT2D eigenvalue weighted by Crippen LogP contribution is 2.38. The van der Waals surface area contributed by atoms with Gasteiger partial charge in [0.25, 0.3) is 5.91 Å². The summed E-state index contributed by atoms with van der Waals surface area (Å²) in [4.78, 5) is 42.8. The molecule has 1 aliphatic heterocycles.